The molecule has 0 fully saturated rings. The molecule has 0 aliphatic carbocycles. The number of hydrogen-bond donors (Lipinski definition) is 2. The fraction of sp³-hybridized carbons (Fsp3) is 0.429. The number of aromatic amines is 1. The molecule has 0 aliphatic rings. The molecular weight excluding hydrogens is 400 g/mol. The number of methoxy groups -OCH3 is 1. The van der Waals surface area contributed by atoms with Crippen LogP contribution in [0.2, 0.25) is 0 Å². The van der Waals surface area contributed by atoms with Crippen LogP contribution in [0, 0.1) is 24.5 Å². The third-order valence-electron chi connectivity index (χ3n) is 4.90. The second kappa shape index (κ2) is 9.71. The Balaban J connectivity index is 1.54. The Labute approximate surface area is 181 Å². The molecule has 1 atom stereocenters. The van der Waals surface area contributed by atoms with Gasteiger partial charge in [0.2, 0.25) is 5.91 Å². The van der Waals surface area contributed by atoms with Gasteiger partial charge in [0.15, 0.2) is 10.6 Å². The van der Waals surface area contributed by atoms with E-state index in [2.05, 4.69) is 33.6 Å². The number of rotatable bonds is 9. The number of aromatic nitrogens is 5. The van der Waals surface area contributed by atoms with Crippen LogP contribution in [0.4, 0.5) is 0 Å². The quantitative estimate of drug-likeness (QED) is 0.511. The van der Waals surface area contributed by atoms with Gasteiger partial charge in [-0.15, -0.1) is 0 Å². The molecule has 1 amide bonds. The lowest BCUT2D eigenvalue weighted by Crippen LogP contribution is -2.31. The lowest BCUT2D eigenvalue weighted by molar-refractivity contribution is -0.121. The highest BCUT2D eigenvalue weighted by molar-refractivity contribution is 7.71. The second-order valence-electron chi connectivity index (χ2n) is 7.50. The van der Waals surface area contributed by atoms with Crippen LogP contribution in [0.1, 0.15) is 24.7 Å². The molecule has 9 heteroatoms. The number of aryl methyl sites for hydroxylation is 2. The van der Waals surface area contributed by atoms with Crippen molar-refractivity contribution >= 4 is 18.1 Å². The van der Waals surface area contributed by atoms with Crippen molar-refractivity contribution < 1.29 is 9.53 Å². The number of H-pyrrole nitrogens is 1. The number of benzene rings is 1. The fourth-order valence-corrected chi connectivity index (χ4v) is 3.52. The van der Waals surface area contributed by atoms with Gasteiger partial charge in [0.25, 0.3) is 0 Å². The fourth-order valence-electron chi connectivity index (χ4n) is 3.29. The van der Waals surface area contributed by atoms with Gasteiger partial charge in [0, 0.05) is 37.3 Å². The minimum absolute atomic E-state index is 0.0148. The smallest absolute Gasteiger partial charge is 0.221 e. The molecule has 2 heterocycles. The number of hydrogen-bond acceptors (Lipinski definition) is 5. The Morgan fingerprint density at radius 3 is 2.67 bits per heavy atom. The van der Waals surface area contributed by atoms with E-state index < -0.39 is 0 Å². The minimum Gasteiger partial charge on any atom is -0.497 e. The zero-order valence-corrected chi connectivity index (χ0v) is 18.6. The van der Waals surface area contributed by atoms with Crippen LogP contribution in [0.5, 0.6) is 5.75 Å². The summed E-state index contributed by atoms with van der Waals surface area (Å²) in [6, 6.07) is 9.63. The van der Waals surface area contributed by atoms with Crippen molar-refractivity contribution in [1.29, 1.82) is 0 Å². The zero-order valence-electron chi connectivity index (χ0n) is 17.8. The molecule has 1 unspecified atom stereocenters. The third kappa shape index (κ3) is 5.35. The van der Waals surface area contributed by atoms with Crippen molar-refractivity contribution in [3.05, 3.63) is 46.5 Å². The monoisotopic (exact) mass is 428 g/mol. The SMILES string of the molecule is COc1ccc(-c2n[nH]c(=S)n2CCC(=O)NCC(C)Cn2nc(C)cc2C)cc1. The summed E-state index contributed by atoms with van der Waals surface area (Å²) in [6.07, 6.45) is 0.323. The standard InChI is InChI=1S/C21H28N6O2S/c1-14(13-27-16(3)11-15(2)25-27)12-22-19(28)9-10-26-20(23-24-21(26)30)17-5-7-18(29-4)8-6-17/h5-8,11,14H,9-10,12-13H2,1-4H3,(H,22,28)(H,24,30). The number of nitrogens with zero attached hydrogens (tertiary/aromatic N) is 4. The van der Waals surface area contributed by atoms with Crippen LogP contribution in [0.3, 0.4) is 0 Å². The van der Waals surface area contributed by atoms with Gasteiger partial charge in [-0.25, -0.2) is 0 Å². The Morgan fingerprint density at radius 1 is 1.30 bits per heavy atom. The lowest BCUT2D eigenvalue weighted by Gasteiger charge is -2.14. The first-order chi connectivity index (χ1) is 14.4. The van der Waals surface area contributed by atoms with E-state index in [4.69, 9.17) is 17.0 Å². The highest BCUT2D eigenvalue weighted by Crippen LogP contribution is 2.21. The first kappa shape index (κ1) is 21.8. The van der Waals surface area contributed by atoms with Crippen molar-refractivity contribution in [2.24, 2.45) is 5.92 Å². The maximum absolute atomic E-state index is 12.4. The van der Waals surface area contributed by atoms with Crippen LogP contribution >= 0.6 is 12.2 Å². The predicted molar refractivity (Wildman–Crippen MR) is 118 cm³/mol. The second-order valence-corrected chi connectivity index (χ2v) is 7.89. The van der Waals surface area contributed by atoms with Crippen molar-refractivity contribution in [2.75, 3.05) is 13.7 Å². The molecule has 0 bridgehead atoms. The Kier molecular flexibility index (Phi) is 7.04. The Bertz CT molecular complexity index is 1050. The molecule has 2 N–H and O–H groups in total. The van der Waals surface area contributed by atoms with E-state index in [1.165, 1.54) is 0 Å². The van der Waals surface area contributed by atoms with E-state index in [0.29, 0.717) is 30.1 Å². The van der Waals surface area contributed by atoms with Gasteiger partial charge in [-0.05, 0) is 62.3 Å². The van der Waals surface area contributed by atoms with Crippen molar-refractivity contribution in [3.8, 4) is 17.1 Å². The summed E-state index contributed by atoms with van der Waals surface area (Å²) in [5.74, 6) is 1.73. The molecule has 2 aromatic heterocycles. The molecular formula is C21H28N6O2S. The van der Waals surface area contributed by atoms with Gasteiger partial charge in [-0.3, -0.25) is 19.1 Å². The number of ether oxygens (including phenoxy) is 1. The number of amides is 1. The Morgan fingerprint density at radius 2 is 2.03 bits per heavy atom. The normalized spacial score (nSPS) is 12.0. The van der Waals surface area contributed by atoms with E-state index >= 15 is 0 Å². The van der Waals surface area contributed by atoms with E-state index in [0.717, 1.165) is 29.2 Å². The third-order valence-corrected chi connectivity index (χ3v) is 5.22. The van der Waals surface area contributed by atoms with Crippen LogP contribution < -0.4 is 10.1 Å². The summed E-state index contributed by atoms with van der Waals surface area (Å²) in [6.45, 7) is 7.95. The largest absolute Gasteiger partial charge is 0.497 e. The van der Waals surface area contributed by atoms with Gasteiger partial charge in [0.1, 0.15) is 5.75 Å². The average molecular weight is 429 g/mol. The highest BCUT2D eigenvalue weighted by Gasteiger charge is 2.12. The first-order valence-corrected chi connectivity index (χ1v) is 10.4. The molecule has 0 spiro atoms. The van der Waals surface area contributed by atoms with Gasteiger partial charge >= 0.3 is 0 Å². The van der Waals surface area contributed by atoms with E-state index in [1.807, 2.05) is 47.4 Å². The van der Waals surface area contributed by atoms with E-state index in [-0.39, 0.29) is 11.8 Å². The van der Waals surface area contributed by atoms with Crippen molar-refractivity contribution in [1.82, 2.24) is 29.9 Å². The highest BCUT2D eigenvalue weighted by atomic mass is 32.1. The Hall–Kier alpha value is -2.94. The predicted octanol–water partition coefficient (Wildman–Crippen LogP) is 3.27. The van der Waals surface area contributed by atoms with Crippen LogP contribution in [-0.4, -0.2) is 44.1 Å². The van der Waals surface area contributed by atoms with Gasteiger partial charge in [0.05, 0.1) is 12.8 Å². The molecule has 0 saturated heterocycles. The molecule has 30 heavy (non-hydrogen) atoms. The van der Waals surface area contributed by atoms with Crippen LogP contribution in [-0.2, 0) is 17.9 Å². The molecule has 3 aromatic rings. The minimum atomic E-state index is -0.0148. The maximum Gasteiger partial charge on any atom is 0.221 e. The molecule has 0 aliphatic heterocycles. The number of carbonyl (C=O) groups is 1. The number of nitrogens with one attached hydrogen (secondary N) is 2. The molecule has 3 rings (SSSR count). The summed E-state index contributed by atoms with van der Waals surface area (Å²) in [4.78, 5) is 12.4. The van der Waals surface area contributed by atoms with Gasteiger partial charge in [-0.2, -0.15) is 10.2 Å². The van der Waals surface area contributed by atoms with Gasteiger partial charge < -0.3 is 10.1 Å². The topological polar surface area (TPSA) is 89.8 Å². The summed E-state index contributed by atoms with van der Waals surface area (Å²) in [5, 5.41) is 14.6. The number of carbonyl (C=O) groups excluding carboxylic acids is 1. The van der Waals surface area contributed by atoms with Crippen LogP contribution in [0.15, 0.2) is 30.3 Å². The molecule has 1 aromatic carbocycles. The van der Waals surface area contributed by atoms with Crippen LogP contribution in [0.25, 0.3) is 11.4 Å². The average Bonchev–Trinajstić information content (AvgIpc) is 3.25. The summed E-state index contributed by atoms with van der Waals surface area (Å²) in [5.41, 5.74) is 3.04. The van der Waals surface area contributed by atoms with E-state index in [1.54, 1.807) is 7.11 Å². The molecule has 0 radical (unpaired) electrons. The molecule has 160 valence electrons. The van der Waals surface area contributed by atoms with E-state index in [9.17, 15) is 4.79 Å². The zero-order chi connectivity index (χ0) is 21.7. The summed E-state index contributed by atoms with van der Waals surface area (Å²) >= 11 is 5.35. The molecule has 8 nitrogen and oxygen atoms in total. The maximum atomic E-state index is 12.4. The first-order valence-electron chi connectivity index (χ1n) is 9.94. The van der Waals surface area contributed by atoms with Crippen molar-refractivity contribution in [2.45, 2.75) is 40.3 Å². The molecule has 0 saturated carbocycles. The van der Waals surface area contributed by atoms with Crippen molar-refractivity contribution in [3.63, 3.8) is 0 Å². The van der Waals surface area contributed by atoms with Gasteiger partial charge in [-0.1, -0.05) is 6.92 Å². The summed E-state index contributed by atoms with van der Waals surface area (Å²) in [7, 11) is 1.63. The summed E-state index contributed by atoms with van der Waals surface area (Å²) < 4.78 is 9.52. The lowest BCUT2D eigenvalue weighted by atomic mass is 10.2.